The predicted octanol–water partition coefficient (Wildman–Crippen LogP) is 1.12. The smallest absolute Gasteiger partial charge is 0.237 e. The van der Waals surface area contributed by atoms with Gasteiger partial charge >= 0.3 is 0 Å². The normalized spacial score (nSPS) is 25.2. The Bertz CT molecular complexity index is 245. The third-order valence-corrected chi connectivity index (χ3v) is 4.03. The third kappa shape index (κ3) is 4.58. The molecule has 0 aromatic carbocycles. The molecule has 4 nitrogen and oxygen atoms in total. The highest BCUT2D eigenvalue weighted by Gasteiger charge is 2.19. The van der Waals surface area contributed by atoms with Crippen LogP contribution < -0.4 is 10.6 Å². The molecule has 2 N–H and O–H groups in total. The van der Waals surface area contributed by atoms with Gasteiger partial charge in [-0.3, -0.25) is 4.79 Å². The van der Waals surface area contributed by atoms with Gasteiger partial charge in [0, 0.05) is 6.54 Å². The number of piperidine rings is 1. The Hall–Kier alpha value is -0.610. The second-order valence-corrected chi connectivity index (χ2v) is 5.55. The fourth-order valence-electron chi connectivity index (χ4n) is 2.88. The standard InChI is InChI=1S/C14H27N3O/c18-14(13-7-1-2-8-15-13)16-9-3-4-10-17-11-5-6-12-17/h13,15H,1-12H2,(H,16,18). The van der Waals surface area contributed by atoms with Crippen LogP contribution in [0.4, 0.5) is 0 Å². The van der Waals surface area contributed by atoms with Crippen molar-refractivity contribution in [3.63, 3.8) is 0 Å². The molecular formula is C14H27N3O. The highest BCUT2D eigenvalue weighted by atomic mass is 16.2. The van der Waals surface area contributed by atoms with E-state index in [2.05, 4.69) is 15.5 Å². The molecule has 2 heterocycles. The minimum Gasteiger partial charge on any atom is -0.355 e. The molecule has 4 heteroatoms. The average Bonchev–Trinajstić information content (AvgIpc) is 2.92. The van der Waals surface area contributed by atoms with Crippen LogP contribution in [0.3, 0.4) is 0 Å². The number of likely N-dealkylation sites (tertiary alicyclic amines) is 1. The summed E-state index contributed by atoms with van der Waals surface area (Å²) in [4.78, 5) is 14.4. The first-order chi connectivity index (χ1) is 8.86. The Morgan fingerprint density at radius 2 is 2.00 bits per heavy atom. The van der Waals surface area contributed by atoms with Crippen molar-refractivity contribution < 1.29 is 4.79 Å². The summed E-state index contributed by atoms with van der Waals surface area (Å²) in [5.74, 6) is 0.205. The Labute approximate surface area is 110 Å². The molecule has 2 fully saturated rings. The first kappa shape index (κ1) is 13.8. The van der Waals surface area contributed by atoms with E-state index in [1.54, 1.807) is 0 Å². The zero-order chi connectivity index (χ0) is 12.6. The zero-order valence-corrected chi connectivity index (χ0v) is 11.4. The van der Waals surface area contributed by atoms with Gasteiger partial charge in [0.2, 0.25) is 5.91 Å². The lowest BCUT2D eigenvalue weighted by atomic mass is 10.0. The average molecular weight is 253 g/mol. The molecule has 0 aromatic rings. The van der Waals surface area contributed by atoms with E-state index >= 15 is 0 Å². The summed E-state index contributed by atoms with van der Waals surface area (Å²) in [6.07, 6.45) is 8.43. The number of hydrogen-bond acceptors (Lipinski definition) is 3. The molecule has 2 rings (SSSR count). The highest BCUT2D eigenvalue weighted by molar-refractivity contribution is 5.81. The van der Waals surface area contributed by atoms with Gasteiger partial charge in [0.1, 0.15) is 0 Å². The largest absolute Gasteiger partial charge is 0.355 e. The number of nitrogens with one attached hydrogen (secondary N) is 2. The minimum absolute atomic E-state index is 0.0670. The van der Waals surface area contributed by atoms with Gasteiger partial charge in [0.15, 0.2) is 0 Å². The second-order valence-electron chi connectivity index (χ2n) is 5.55. The van der Waals surface area contributed by atoms with Gasteiger partial charge in [0.05, 0.1) is 6.04 Å². The summed E-state index contributed by atoms with van der Waals surface area (Å²) in [7, 11) is 0. The van der Waals surface area contributed by atoms with E-state index < -0.39 is 0 Å². The lowest BCUT2D eigenvalue weighted by Gasteiger charge is -2.22. The van der Waals surface area contributed by atoms with Crippen molar-refractivity contribution in [2.24, 2.45) is 0 Å². The van der Waals surface area contributed by atoms with Gasteiger partial charge in [0.25, 0.3) is 0 Å². The molecule has 0 bridgehead atoms. The molecule has 2 aliphatic heterocycles. The first-order valence-corrected chi connectivity index (χ1v) is 7.60. The molecule has 2 aliphatic rings. The predicted molar refractivity (Wildman–Crippen MR) is 73.6 cm³/mol. The van der Waals surface area contributed by atoms with Crippen molar-refractivity contribution in [1.29, 1.82) is 0 Å². The summed E-state index contributed by atoms with van der Waals surface area (Å²) in [6.45, 7) is 5.59. The van der Waals surface area contributed by atoms with Crippen LogP contribution in [0.25, 0.3) is 0 Å². The van der Waals surface area contributed by atoms with Crippen molar-refractivity contribution >= 4 is 5.91 Å². The Morgan fingerprint density at radius 3 is 2.72 bits per heavy atom. The topological polar surface area (TPSA) is 44.4 Å². The summed E-state index contributed by atoms with van der Waals surface area (Å²) in [5.41, 5.74) is 0. The zero-order valence-electron chi connectivity index (χ0n) is 11.4. The van der Waals surface area contributed by atoms with E-state index in [4.69, 9.17) is 0 Å². The maximum Gasteiger partial charge on any atom is 0.237 e. The molecule has 1 amide bonds. The van der Waals surface area contributed by atoms with Crippen LogP contribution in [0.15, 0.2) is 0 Å². The van der Waals surface area contributed by atoms with Gasteiger partial charge in [-0.25, -0.2) is 0 Å². The first-order valence-electron chi connectivity index (χ1n) is 7.60. The number of carbonyl (C=O) groups is 1. The number of rotatable bonds is 6. The number of hydrogen-bond donors (Lipinski definition) is 2. The van der Waals surface area contributed by atoms with Gasteiger partial charge in [-0.1, -0.05) is 6.42 Å². The van der Waals surface area contributed by atoms with Crippen LogP contribution >= 0.6 is 0 Å². The van der Waals surface area contributed by atoms with E-state index in [1.807, 2.05) is 0 Å². The SMILES string of the molecule is O=C(NCCCCN1CCCC1)C1CCCCN1. The van der Waals surface area contributed by atoms with Gasteiger partial charge in [-0.05, 0) is 64.7 Å². The lowest BCUT2D eigenvalue weighted by molar-refractivity contribution is -0.123. The van der Waals surface area contributed by atoms with Gasteiger partial charge < -0.3 is 15.5 Å². The Balaban J connectivity index is 1.48. The van der Waals surface area contributed by atoms with Gasteiger partial charge in [-0.15, -0.1) is 0 Å². The fraction of sp³-hybridized carbons (Fsp3) is 0.929. The molecule has 0 saturated carbocycles. The molecule has 1 unspecified atom stereocenters. The number of amides is 1. The fourth-order valence-corrected chi connectivity index (χ4v) is 2.88. The number of carbonyl (C=O) groups excluding carboxylic acids is 1. The van der Waals surface area contributed by atoms with Crippen molar-refractivity contribution in [1.82, 2.24) is 15.5 Å². The monoisotopic (exact) mass is 253 g/mol. The summed E-state index contributed by atoms with van der Waals surface area (Å²) in [5, 5.41) is 6.34. The maximum absolute atomic E-state index is 11.8. The van der Waals surface area contributed by atoms with E-state index in [9.17, 15) is 4.79 Å². The molecule has 1 atom stereocenters. The molecule has 2 saturated heterocycles. The third-order valence-electron chi connectivity index (χ3n) is 4.03. The Morgan fingerprint density at radius 1 is 1.17 bits per heavy atom. The van der Waals surface area contributed by atoms with Crippen LogP contribution in [-0.4, -0.2) is 49.6 Å². The molecule has 0 radical (unpaired) electrons. The van der Waals surface area contributed by atoms with Gasteiger partial charge in [-0.2, -0.15) is 0 Å². The van der Waals surface area contributed by atoms with E-state index in [-0.39, 0.29) is 11.9 Å². The van der Waals surface area contributed by atoms with Crippen LogP contribution in [-0.2, 0) is 4.79 Å². The lowest BCUT2D eigenvalue weighted by Crippen LogP contribution is -2.46. The molecule has 0 aromatic heterocycles. The van der Waals surface area contributed by atoms with E-state index in [1.165, 1.54) is 51.7 Å². The number of unbranched alkanes of at least 4 members (excludes halogenated alkanes) is 1. The van der Waals surface area contributed by atoms with E-state index in [0.717, 1.165) is 25.9 Å². The maximum atomic E-state index is 11.8. The van der Waals surface area contributed by atoms with Crippen molar-refractivity contribution in [2.75, 3.05) is 32.7 Å². The van der Waals surface area contributed by atoms with Crippen LogP contribution in [0.5, 0.6) is 0 Å². The summed E-state index contributed by atoms with van der Waals surface area (Å²) < 4.78 is 0. The molecular weight excluding hydrogens is 226 g/mol. The van der Waals surface area contributed by atoms with Crippen LogP contribution in [0.1, 0.15) is 44.9 Å². The summed E-state index contributed by atoms with van der Waals surface area (Å²) in [6, 6.07) is 0.0670. The second kappa shape index (κ2) is 7.74. The molecule has 104 valence electrons. The Kier molecular flexibility index (Phi) is 5.94. The highest BCUT2D eigenvalue weighted by Crippen LogP contribution is 2.08. The molecule has 0 aliphatic carbocycles. The minimum atomic E-state index is 0.0670. The van der Waals surface area contributed by atoms with Crippen molar-refractivity contribution in [3.05, 3.63) is 0 Å². The number of nitrogens with zero attached hydrogens (tertiary/aromatic N) is 1. The van der Waals surface area contributed by atoms with E-state index in [0.29, 0.717) is 0 Å². The van der Waals surface area contributed by atoms with Crippen molar-refractivity contribution in [3.8, 4) is 0 Å². The summed E-state index contributed by atoms with van der Waals surface area (Å²) >= 11 is 0. The molecule has 0 spiro atoms. The van der Waals surface area contributed by atoms with Crippen LogP contribution in [0.2, 0.25) is 0 Å². The molecule has 18 heavy (non-hydrogen) atoms. The van der Waals surface area contributed by atoms with Crippen LogP contribution in [0, 0.1) is 0 Å². The van der Waals surface area contributed by atoms with Crippen molar-refractivity contribution in [2.45, 2.75) is 51.0 Å². The quantitative estimate of drug-likeness (QED) is 0.697.